The Hall–Kier alpha value is -4.42. The number of benzene rings is 5. The highest BCUT2D eigenvalue weighted by Crippen LogP contribution is 2.42. The Bertz CT molecular complexity index is 1680. The number of methoxy groups -OCH3 is 2. The molecule has 0 radical (unpaired) electrons. The second kappa shape index (κ2) is 18.9. The molecule has 0 bridgehead atoms. The summed E-state index contributed by atoms with van der Waals surface area (Å²) in [5.74, 6) is 1.64. The molecule has 0 aliphatic heterocycles. The molecule has 5 aromatic carbocycles. The molecule has 0 aliphatic carbocycles. The molecule has 52 heavy (non-hydrogen) atoms. The number of hydrogen-bond donors (Lipinski definition) is 0. The van der Waals surface area contributed by atoms with Crippen LogP contribution in [0.4, 0.5) is 0 Å². The highest BCUT2D eigenvalue weighted by molar-refractivity contribution is 6.99. The Morgan fingerprint density at radius 2 is 0.923 bits per heavy atom. The summed E-state index contributed by atoms with van der Waals surface area (Å²) in [6, 6.07) is 48.8. The van der Waals surface area contributed by atoms with Crippen LogP contribution in [0, 0.1) is 0 Å². The monoisotopic (exact) mass is 712 g/mol. The molecule has 0 unspecified atom stereocenters. The average Bonchev–Trinajstić information content (AvgIpc) is 3.19. The molecule has 0 heterocycles. The van der Waals surface area contributed by atoms with Crippen LogP contribution in [0.2, 0.25) is 5.04 Å². The third kappa shape index (κ3) is 9.13. The predicted molar refractivity (Wildman–Crippen MR) is 219 cm³/mol. The molecule has 5 heteroatoms. The van der Waals surface area contributed by atoms with E-state index in [2.05, 4.69) is 142 Å². The number of allylic oxidation sites excluding steroid dienone is 2. The maximum absolute atomic E-state index is 7.06. The number of hydrogen-bond acceptors (Lipinski definition) is 4. The van der Waals surface area contributed by atoms with E-state index in [0.29, 0.717) is 6.61 Å². The van der Waals surface area contributed by atoms with Crippen LogP contribution in [-0.2, 0) is 14.8 Å². The van der Waals surface area contributed by atoms with E-state index in [-0.39, 0.29) is 5.04 Å². The Morgan fingerprint density at radius 1 is 0.481 bits per heavy atom. The summed E-state index contributed by atoms with van der Waals surface area (Å²) in [7, 11) is 0.912. The van der Waals surface area contributed by atoms with Crippen LogP contribution >= 0.6 is 0 Å². The van der Waals surface area contributed by atoms with Crippen molar-refractivity contribution >= 4 is 18.7 Å². The van der Waals surface area contributed by atoms with Gasteiger partial charge in [0.2, 0.25) is 0 Å². The first kappa shape index (κ1) is 38.8. The first-order valence-electron chi connectivity index (χ1n) is 18.7. The van der Waals surface area contributed by atoms with Gasteiger partial charge in [-0.05, 0) is 88.5 Å². The van der Waals surface area contributed by atoms with Crippen LogP contribution in [-0.4, -0.2) is 35.8 Å². The highest BCUT2D eigenvalue weighted by atomic mass is 28.4. The van der Waals surface area contributed by atoms with Crippen LogP contribution in [0.25, 0.3) is 0 Å². The van der Waals surface area contributed by atoms with Crippen molar-refractivity contribution in [1.29, 1.82) is 0 Å². The van der Waals surface area contributed by atoms with Gasteiger partial charge in [-0.2, -0.15) is 0 Å². The van der Waals surface area contributed by atoms with Gasteiger partial charge in [-0.15, -0.1) is 0 Å². The number of ether oxygens (including phenoxy) is 3. The molecule has 0 fully saturated rings. The van der Waals surface area contributed by atoms with E-state index in [4.69, 9.17) is 18.6 Å². The summed E-state index contributed by atoms with van der Waals surface area (Å²) in [6.07, 6.45) is 11.0. The van der Waals surface area contributed by atoms with Crippen molar-refractivity contribution in [1.82, 2.24) is 0 Å². The molecular weight excluding hydrogens is 657 g/mol. The molecule has 0 saturated heterocycles. The standard InChI is InChI=1S/C47H56O4Si/c1-46(2,3)52(44-25-17-13-18-26-44,45-27-19-14-20-28-45)51-38-22-11-9-7-6-8-10-21-37-50-47(39-23-15-12-16-24-39,40-29-33-42(48-4)34-30-40)41-31-35-43(49-5)36-32-41/h7,9,12-20,23-36H,6,8,10-11,21-22,37-38H2,1-5H3/b9-7+. The molecule has 0 atom stereocenters. The van der Waals surface area contributed by atoms with Crippen LogP contribution in [0.3, 0.4) is 0 Å². The molecule has 0 spiro atoms. The van der Waals surface area contributed by atoms with Gasteiger partial charge >= 0.3 is 0 Å². The minimum atomic E-state index is -2.48. The minimum Gasteiger partial charge on any atom is -0.497 e. The molecule has 0 saturated carbocycles. The second-order valence-corrected chi connectivity index (χ2v) is 18.6. The predicted octanol–water partition coefficient (Wildman–Crippen LogP) is 10.5. The van der Waals surface area contributed by atoms with E-state index < -0.39 is 13.9 Å². The van der Waals surface area contributed by atoms with Crippen LogP contribution in [0.5, 0.6) is 11.5 Å². The SMILES string of the molecule is COc1ccc(C(OCCCCC/C=C/CCCO[Si](c2ccccc2)(c2ccccc2)C(C)(C)C)(c2ccccc2)c2ccc(OC)cc2)cc1. The van der Waals surface area contributed by atoms with Gasteiger partial charge in [-0.25, -0.2) is 0 Å². The molecule has 0 aromatic heterocycles. The molecule has 0 N–H and O–H groups in total. The molecule has 5 rings (SSSR count). The van der Waals surface area contributed by atoms with Crippen molar-refractivity contribution in [3.05, 3.63) is 168 Å². The first-order valence-corrected chi connectivity index (χ1v) is 20.6. The Balaban J connectivity index is 1.16. The largest absolute Gasteiger partial charge is 0.497 e. The normalized spacial score (nSPS) is 12.2. The van der Waals surface area contributed by atoms with Crippen molar-refractivity contribution < 1.29 is 18.6 Å². The lowest BCUT2D eigenvalue weighted by Gasteiger charge is -2.43. The summed E-state index contributed by atoms with van der Waals surface area (Å²) in [6.45, 7) is 8.40. The van der Waals surface area contributed by atoms with Gasteiger partial charge in [0.25, 0.3) is 8.32 Å². The fourth-order valence-electron chi connectivity index (χ4n) is 7.26. The van der Waals surface area contributed by atoms with Crippen molar-refractivity contribution in [3.63, 3.8) is 0 Å². The van der Waals surface area contributed by atoms with Gasteiger partial charge in [-0.3, -0.25) is 0 Å². The van der Waals surface area contributed by atoms with Crippen molar-refractivity contribution in [2.24, 2.45) is 0 Å². The fourth-order valence-corrected chi connectivity index (χ4v) is 11.9. The zero-order valence-electron chi connectivity index (χ0n) is 31.7. The highest BCUT2D eigenvalue weighted by Gasteiger charge is 2.50. The van der Waals surface area contributed by atoms with E-state index >= 15 is 0 Å². The van der Waals surface area contributed by atoms with Crippen molar-refractivity contribution in [3.8, 4) is 11.5 Å². The number of rotatable bonds is 19. The van der Waals surface area contributed by atoms with E-state index in [1.165, 1.54) is 10.4 Å². The van der Waals surface area contributed by atoms with E-state index in [9.17, 15) is 0 Å². The first-order chi connectivity index (χ1) is 25.3. The Kier molecular flexibility index (Phi) is 14.1. The van der Waals surface area contributed by atoms with E-state index in [1.54, 1.807) is 14.2 Å². The average molecular weight is 713 g/mol. The fraction of sp³-hybridized carbons (Fsp3) is 0.319. The van der Waals surface area contributed by atoms with E-state index in [1.807, 2.05) is 30.3 Å². The lowest BCUT2D eigenvalue weighted by Crippen LogP contribution is -2.66. The molecule has 272 valence electrons. The van der Waals surface area contributed by atoms with Gasteiger partial charge in [0.15, 0.2) is 0 Å². The molecule has 0 amide bonds. The van der Waals surface area contributed by atoms with Gasteiger partial charge in [-0.1, -0.05) is 155 Å². The maximum atomic E-state index is 7.06. The smallest absolute Gasteiger partial charge is 0.261 e. The lowest BCUT2D eigenvalue weighted by molar-refractivity contribution is 0.0106. The lowest BCUT2D eigenvalue weighted by atomic mass is 9.80. The van der Waals surface area contributed by atoms with Crippen molar-refractivity contribution in [2.75, 3.05) is 27.4 Å². The van der Waals surface area contributed by atoms with Gasteiger partial charge in [0.05, 0.1) is 14.2 Å². The summed E-state index contributed by atoms with van der Waals surface area (Å²) in [4.78, 5) is 0. The Labute approximate surface area is 313 Å². The topological polar surface area (TPSA) is 36.9 Å². The molecule has 5 aromatic rings. The Morgan fingerprint density at radius 3 is 1.38 bits per heavy atom. The zero-order chi connectivity index (χ0) is 36.7. The molecular formula is C47H56O4Si. The van der Waals surface area contributed by atoms with Gasteiger partial charge in [0.1, 0.15) is 17.1 Å². The maximum Gasteiger partial charge on any atom is 0.261 e. The minimum absolute atomic E-state index is 0.000692. The third-order valence-corrected chi connectivity index (χ3v) is 15.0. The number of unbranched alkanes of at least 4 members (excludes halogenated alkanes) is 4. The van der Waals surface area contributed by atoms with Crippen LogP contribution in [0.15, 0.2) is 152 Å². The summed E-state index contributed by atoms with van der Waals surface area (Å²) >= 11 is 0. The van der Waals surface area contributed by atoms with Gasteiger partial charge in [0, 0.05) is 13.2 Å². The summed E-state index contributed by atoms with van der Waals surface area (Å²) in [5, 5.41) is 2.67. The third-order valence-electron chi connectivity index (χ3n) is 9.92. The van der Waals surface area contributed by atoms with Crippen molar-refractivity contribution in [2.45, 2.75) is 69.9 Å². The van der Waals surface area contributed by atoms with Crippen LogP contribution < -0.4 is 19.8 Å². The quantitative estimate of drug-likeness (QED) is 0.0370. The molecule has 4 nitrogen and oxygen atoms in total. The molecule has 0 aliphatic rings. The van der Waals surface area contributed by atoms with E-state index in [0.717, 1.165) is 73.3 Å². The zero-order valence-corrected chi connectivity index (χ0v) is 32.7. The van der Waals surface area contributed by atoms with Crippen LogP contribution in [0.1, 0.15) is 76.0 Å². The second-order valence-electron chi connectivity index (χ2n) is 14.3. The van der Waals surface area contributed by atoms with Gasteiger partial charge < -0.3 is 18.6 Å². The summed E-state index contributed by atoms with van der Waals surface area (Å²) < 4.78 is 25.0. The summed E-state index contributed by atoms with van der Waals surface area (Å²) in [5.41, 5.74) is 2.45.